The van der Waals surface area contributed by atoms with Crippen LogP contribution in [0.4, 0.5) is 13.2 Å². The fourth-order valence-electron chi connectivity index (χ4n) is 2.84. The maximum absolute atomic E-state index is 13.0. The third kappa shape index (κ3) is 2.30. The van der Waals surface area contributed by atoms with Crippen molar-refractivity contribution < 1.29 is 18.0 Å². The van der Waals surface area contributed by atoms with Gasteiger partial charge in [0, 0.05) is 37.0 Å². The Bertz CT molecular complexity index is 928. The number of aromatic amines is 1. The van der Waals surface area contributed by atoms with Gasteiger partial charge in [0.15, 0.2) is 11.3 Å². The molecule has 0 unspecified atom stereocenters. The summed E-state index contributed by atoms with van der Waals surface area (Å²) >= 11 is 0. The number of carbonyl (C=O) groups is 1. The number of hydrogen-bond acceptors (Lipinski definition) is 4. The number of pyridine rings is 1. The highest BCUT2D eigenvalue weighted by atomic mass is 19.4. The number of rotatable bonds is 1. The van der Waals surface area contributed by atoms with Crippen LogP contribution in [-0.4, -0.2) is 42.1 Å². The molecule has 0 aliphatic carbocycles. The van der Waals surface area contributed by atoms with Gasteiger partial charge in [0.05, 0.1) is 5.56 Å². The number of hydrogen-bond donors (Lipinski definition) is 1. The van der Waals surface area contributed by atoms with Gasteiger partial charge in [0.2, 0.25) is 0 Å². The summed E-state index contributed by atoms with van der Waals surface area (Å²) in [7, 11) is 0. The Hall–Kier alpha value is -2.91. The highest BCUT2D eigenvalue weighted by Gasteiger charge is 2.39. The van der Waals surface area contributed by atoms with Crippen LogP contribution in [0.3, 0.4) is 0 Å². The molecule has 3 aromatic rings. The molecule has 0 fully saturated rings. The van der Waals surface area contributed by atoms with Crippen molar-refractivity contribution in [3.05, 3.63) is 47.2 Å². The summed E-state index contributed by atoms with van der Waals surface area (Å²) < 4.78 is 40.6. The van der Waals surface area contributed by atoms with Crippen LogP contribution in [0.2, 0.25) is 0 Å². The minimum absolute atomic E-state index is 0.0347. The van der Waals surface area contributed by atoms with E-state index in [0.29, 0.717) is 29.9 Å². The summed E-state index contributed by atoms with van der Waals surface area (Å²) in [6, 6.07) is 3.22. The first-order valence-corrected chi connectivity index (χ1v) is 7.15. The van der Waals surface area contributed by atoms with E-state index in [-0.39, 0.29) is 18.0 Å². The number of carbonyl (C=O) groups excluding carboxylic acids is 1. The van der Waals surface area contributed by atoms with Crippen molar-refractivity contribution in [2.45, 2.75) is 19.1 Å². The molecule has 1 amide bonds. The van der Waals surface area contributed by atoms with E-state index in [0.717, 1.165) is 0 Å². The summed E-state index contributed by atoms with van der Waals surface area (Å²) in [5, 5.41) is 13.4. The predicted molar refractivity (Wildman–Crippen MR) is 75.0 cm³/mol. The molecular weight excluding hydrogens is 325 g/mol. The summed E-state index contributed by atoms with van der Waals surface area (Å²) in [5.74, 6) is -0.342. The number of H-pyrrole nitrogens is 1. The fraction of sp³-hybridized carbons (Fsp3) is 0.286. The highest BCUT2D eigenvalue weighted by molar-refractivity contribution is 5.94. The minimum Gasteiger partial charge on any atom is -0.334 e. The Kier molecular flexibility index (Phi) is 3.08. The molecule has 0 spiro atoms. The second-order valence-corrected chi connectivity index (χ2v) is 5.52. The van der Waals surface area contributed by atoms with Crippen molar-refractivity contribution >= 4 is 11.6 Å². The van der Waals surface area contributed by atoms with Gasteiger partial charge in [-0.3, -0.25) is 14.3 Å². The molecule has 1 aliphatic rings. The Labute approximate surface area is 133 Å². The average Bonchev–Trinajstić information content (AvgIpc) is 3.18. The van der Waals surface area contributed by atoms with Crippen LogP contribution in [0.15, 0.2) is 24.7 Å². The lowest BCUT2D eigenvalue weighted by molar-refractivity contribution is -0.142. The van der Waals surface area contributed by atoms with Crippen LogP contribution < -0.4 is 0 Å². The number of amides is 1. The summed E-state index contributed by atoms with van der Waals surface area (Å²) in [5.41, 5.74) is 0.460. The van der Waals surface area contributed by atoms with Gasteiger partial charge < -0.3 is 4.90 Å². The van der Waals surface area contributed by atoms with Crippen molar-refractivity contribution in [1.29, 1.82) is 0 Å². The smallest absolute Gasteiger partial charge is 0.334 e. The molecular formula is C14H11F3N6O. The lowest BCUT2D eigenvalue weighted by Crippen LogP contribution is -2.36. The molecule has 0 saturated heterocycles. The van der Waals surface area contributed by atoms with Crippen LogP contribution in [0.5, 0.6) is 0 Å². The fourth-order valence-corrected chi connectivity index (χ4v) is 2.84. The second kappa shape index (κ2) is 5.05. The van der Waals surface area contributed by atoms with Gasteiger partial charge in [-0.25, -0.2) is 0 Å². The molecule has 0 aromatic carbocycles. The SMILES string of the molecule is O=C(c1ccc2nncn2c1)N1CCc2[nH]nc(C(F)(F)F)c2C1. The van der Waals surface area contributed by atoms with Crippen molar-refractivity contribution in [1.82, 2.24) is 29.7 Å². The third-order valence-corrected chi connectivity index (χ3v) is 4.03. The molecule has 1 aliphatic heterocycles. The number of alkyl halides is 3. The van der Waals surface area contributed by atoms with E-state index >= 15 is 0 Å². The van der Waals surface area contributed by atoms with E-state index < -0.39 is 11.9 Å². The molecule has 1 N–H and O–H groups in total. The maximum Gasteiger partial charge on any atom is 0.435 e. The minimum atomic E-state index is -4.54. The van der Waals surface area contributed by atoms with Crippen LogP contribution in [0, 0.1) is 0 Å². The normalized spacial score (nSPS) is 14.9. The average molecular weight is 336 g/mol. The second-order valence-electron chi connectivity index (χ2n) is 5.52. The van der Waals surface area contributed by atoms with Crippen molar-refractivity contribution in [3.8, 4) is 0 Å². The molecule has 4 rings (SSSR count). The van der Waals surface area contributed by atoms with E-state index in [2.05, 4.69) is 20.4 Å². The zero-order valence-electron chi connectivity index (χ0n) is 12.2. The van der Waals surface area contributed by atoms with Gasteiger partial charge in [-0.1, -0.05) is 0 Å². The first-order valence-electron chi connectivity index (χ1n) is 7.15. The van der Waals surface area contributed by atoms with Gasteiger partial charge in [-0.2, -0.15) is 18.3 Å². The summed E-state index contributed by atoms with van der Waals surface area (Å²) in [6.45, 7) is 0.200. The Morgan fingerprint density at radius 2 is 2.12 bits per heavy atom. The van der Waals surface area contributed by atoms with Crippen molar-refractivity contribution in [2.24, 2.45) is 0 Å². The number of nitrogens with one attached hydrogen (secondary N) is 1. The van der Waals surface area contributed by atoms with Crippen LogP contribution in [-0.2, 0) is 19.1 Å². The monoisotopic (exact) mass is 336 g/mol. The van der Waals surface area contributed by atoms with Crippen LogP contribution in [0.25, 0.3) is 5.65 Å². The Balaban J connectivity index is 1.64. The molecule has 0 saturated carbocycles. The molecule has 3 aromatic heterocycles. The lowest BCUT2D eigenvalue weighted by atomic mass is 10.0. The van der Waals surface area contributed by atoms with Crippen molar-refractivity contribution in [2.75, 3.05) is 6.54 Å². The highest BCUT2D eigenvalue weighted by Crippen LogP contribution is 2.34. The molecule has 10 heteroatoms. The van der Waals surface area contributed by atoms with Gasteiger partial charge in [0.1, 0.15) is 6.33 Å². The van der Waals surface area contributed by atoms with Gasteiger partial charge in [-0.15, -0.1) is 10.2 Å². The van der Waals surface area contributed by atoms with Crippen molar-refractivity contribution in [3.63, 3.8) is 0 Å². The zero-order valence-corrected chi connectivity index (χ0v) is 12.2. The van der Waals surface area contributed by atoms with Crippen LogP contribution in [0.1, 0.15) is 27.3 Å². The summed E-state index contributed by atoms with van der Waals surface area (Å²) in [4.78, 5) is 14.0. The van der Waals surface area contributed by atoms with E-state index in [1.54, 1.807) is 22.7 Å². The van der Waals surface area contributed by atoms with E-state index in [9.17, 15) is 18.0 Å². The third-order valence-electron chi connectivity index (χ3n) is 4.03. The molecule has 124 valence electrons. The Morgan fingerprint density at radius 1 is 1.29 bits per heavy atom. The molecule has 0 bridgehead atoms. The first-order chi connectivity index (χ1) is 11.4. The number of aromatic nitrogens is 5. The van der Waals surface area contributed by atoms with Gasteiger partial charge >= 0.3 is 6.18 Å². The molecule has 4 heterocycles. The number of nitrogens with zero attached hydrogens (tertiary/aromatic N) is 5. The van der Waals surface area contributed by atoms with E-state index in [1.807, 2.05) is 0 Å². The maximum atomic E-state index is 13.0. The topological polar surface area (TPSA) is 79.2 Å². The molecule has 24 heavy (non-hydrogen) atoms. The standard InChI is InChI=1S/C14H11F3N6O/c15-14(16,17)12-9-6-22(4-3-10(9)19-21-12)13(24)8-1-2-11-20-18-7-23(11)5-8/h1-2,5,7H,3-4,6H2,(H,19,21). The zero-order chi connectivity index (χ0) is 16.9. The largest absolute Gasteiger partial charge is 0.435 e. The Morgan fingerprint density at radius 3 is 2.92 bits per heavy atom. The summed E-state index contributed by atoms with van der Waals surface area (Å²) in [6.07, 6.45) is -1.22. The predicted octanol–water partition coefficient (Wildman–Crippen LogP) is 1.67. The molecule has 0 atom stereocenters. The van der Waals surface area contributed by atoms with E-state index in [4.69, 9.17) is 0 Å². The number of fused-ring (bicyclic) bond motifs is 2. The van der Waals surface area contributed by atoms with Gasteiger partial charge in [0.25, 0.3) is 5.91 Å². The first kappa shape index (κ1) is 14.7. The molecule has 7 nitrogen and oxygen atoms in total. The van der Waals surface area contributed by atoms with Crippen LogP contribution >= 0.6 is 0 Å². The van der Waals surface area contributed by atoms with E-state index in [1.165, 1.54) is 11.2 Å². The van der Waals surface area contributed by atoms with Gasteiger partial charge in [-0.05, 0) is 12.1 Å². The quantitative estimate of drug-likeness (QED) is 0.733. The molecule has 0 radical (unpaired) electrons. The number of halogens is 3. The lowest BCUT2D eigenvalue weighted by Gasteiger charge is -2.27.